The molecule has 0 aliphatic heterocycles. The molecule has 0 atom stereocenters. The quantitative estimate of drug-likeness (QED) is 0.312. The van der Waals surface area contributed by atoms with Crippen LogP contribution in [-0.4, -0.2) is 48.2 Å². The van der Waals surface area contributed by atoms with Gasteiger partial charge in [-0.25, -0.2) is 0 Å². The molecule has 0 fully saturated rings. The van der Waals surface area contributed by atoms with Crippen LogP contribution in [0.25, 0.3) is 0 Å². The van der Waals surface area contributed by atoms with E-state index in [9.17, 15) is 61.9 Å². The van der Waals surface area contributed by atoms with Crippen LogP contribution in [0.5, 0.6) is 0 Å². The van der Waals surface area contributed by atoms with E-state index >= 15 is 0 Å². The maximum absolute atomic E-state index is 14.0. The van der Waals surface area contributed by atoms with Crippen molar-refractivity contribution in [3.63, 3.8) is 0 Å². The van der Waals surface area contributed by atoms with Crippen molar-refractivity contribution in [2.24, 2.45) is 0 Å². The largest absolute Gasteiger partial charge is 0.460 e. The SMILES string of the molecule is O=C(NCCC(c1ccccc1)c1ccccc1)C(F)(F)C(F)(F)C(F)(F)C(F)(F)C(F)(F)C(F)(F)F. The van der Waals surface area contributed by atoms with Crippen molar-refractivity contribution >= 4 is 5.91 Å². The molecule has 0 unspecified atom stereocenters. The van der Waals surface area contributed by atoms with E-state index in [1.807, 2.05) is 0 Å². The summed E-state index contributed by atoms with van der Waals surface area (Å²) in [5.74, 6) is -42.4. The van der Waals surface area contributed by atoms with Crippen LogP contribution in [0.15, 0.2) is 60.7 Å². The zero-order valence-corrected chi connectivity index (χ0v) is 18.1. The van der Waals surface area contributed by atoms with Gasteiger partial charge in [-0.3, -0.25) is 4.79 Å². The molecule has 0 saturated heterocycles. The van der Waals surface area contributed by atoms with Gasteiger partial charge in [0.1, 0.15) is 0 Å². The fourth-order valence-electron chi connectivity index (χ4n) is 3.25. The monoisotopic (exact) mass is 557 g/mol. The molecule has 0 aliphatic rings. The number of nitrogens with one attached hydrogen (secondary N) is 1. The minimum absolute atomic E-state index is 0.319. The van der Waals surface area contributed by atoms with Gasteiger partial charge in [0.05, 0.1) is 0 Å². The van der Waals surface area contributed by atoms with Crippen molar-refractivity contribution in [1.29, 1.82) is 0 Å². The van der Waals surface area contributed by atoms with Crippen molar-refractivity contribution in [2.75, 3.05) is 6.54 Å². The van der Waals surface area contributed by atoms with Gasteiger partial charge >= 0.3 is 35.8 Å². The van der Waals surface area contributed by atoms with Crippen LogP contribution in [-0.2, 0) is 4.79 Å². The first-order chi connectivity index (χ1) is 16.7. The van der Waals surface area contributed by atoms with E-state index in [4.69, 9.17) is 0 Å². The molecule has 2 aromatic rings. The zero-order chi connectivity index (χ0) is 28.5. The number of carbonyl (C=O) groups is 1. The third kappa shape index (κ3) is 5.21. The fraction of sp³-hybridized carbons (Fsp3) is 0.409. The molecule has 2 nitrogen and oxygen atoms in total. The molecule has 0 saturated carbocycles. The molecule has 15 heteroatoms. The lowest BCUT2D eigenvalue weighted by molar-refractivity contribution is -0.436. The number of alkyl halides is 13. The van der Waals surface area contributed by atoms with Gasteiger partial charge < -0.3 is 5.32 Å². The summed E-state index contributed by atoms with van der Waals surface area (Å²) in [6.45, 7) is -0.931. The molecule has 0 bridgehead atoms. The summed E-state index contributed by atoms with van der Waals surface area (Å²) < 4.78 is 172. The smallest absolute Gasteiger partial charge is 0.351 e. The van der Waals surface area contributed by atoms with E-state index in [2.05, 4.69) is 0 Å². The molecule has 0 heterocycles. The summed E-state index contributed by atoms with van der Waals surface area (Å²) in [4.78, 5) is 11.7. The highest BCUT2D eigenvalue weighted by atomic mass is 19.4. The average molecular weight is 557 g/mol. The number of halogens is 13. The molecule has 0 spiro atoms. The first kappa shape index (κ1) is 30.2. The number of hydrogen-bond acceptors (Lipinski definition) is 1. The summed E-state index contributed by atoms with van der Waals surface area (Å²) in [5, 5.41) is 1.13. The predicted molar refractivity (Wildman–Crippen MR) is 103 cm³/mol. The lowest BCUT2D eigenvalue weighted by atomic mass is 9.88. The van der Waals surface area contributed by atoms with Crippen LogP contribution < -0.4 is 5.32 Å². The first-order valence-corrected chi connectivity index (χ1v) is 10.1. The van der Waals surface area contributed by atoms with Gasteiger partial charge in [-0.15, -0.1) is 0 Å². The van der Waals surface area contributed by atoms with Crippen molar-refractivity contribution in [1.82, 2.24) is 5.32 Å². The van der Waals surface area contributed by atoms with Crippen molar-refractivity contribution in [2.45, 2.75) is 48.1 Å². The summed E-state index contributed by atoms with van der Waals surface area (Å²) in [7, 11) is 0. The van der Waals surface area contributed by atoms with Crippen LogP contribution in [0.4, 0.5) is 57.1 Å². The third-order valence-electron chi connectivity index (χ3n) is 5.34. The van der Waals surface area contributed by atoms with Crippen LogP contribution in [0.2, 0.25) is 0 Å². The van der Waals surface area contributed by atoms with E-state index in [1.165, 1.54) is 0 Å². The van der Waals surface area contributed by atoms with Crippen LogP contribution in [0.3, 0.4) is 0 Å². The van der Waals surface area contributed by atoms with Crippen molar-refractivity contribution in [3.05, 3.63) is 71.8 Å². The second kappa shape index (κ2) is 10.0. The number of hydrogen-bond donors (Lipinski definition) is 1. The summed E-state index contributed by atoms with van der Waals surface area (Å²) in [6, 6.07) is 15.9. The van der Waals surface area contributed by atoms with Crippen molar-refractivity contribution in [3.8, 4) is 0 Å². The second-order valence-corrected chi connectivity index (χ2v) is 7.79. The fourth-order valence-corrected chi connectivity index (χ4v) is 3.25. The van der Waals surface area contributed by atoms with Gasteiger partial charge in [-0.1, -0.05) is 60.7 Å². The minimum Gasteiger partial charge on any atom is -0.351 e. The Hall–Kier alpha value is -3.00. The Balaban J connectivity index is 2.27. The van der Waals surface area contributed by atoms with Gasteiger partial charge in [-0.2, -0.15) is 57.1 Å². The van der Waals surface area contributed by atoms with E-state index in [0.29, 0.717) is 11.1 Å². The first-order valence-electron chi connectivity index (χ1n) is 10.1. The van der Waals surface area contributed by atoms with Crippen LogP contribution >= 0.6 is 0 Å². The van der Waals surface area contributed by atoms with Gasteiger partial charge in [0, 0.05) is 12.5 Å². The normalized spacial score (nSPS) is 14.1. The lowest BCUT2D eigenvalue weighted by Gasteiger charge is -2.39. The topological polar surface area (TPSA) is 29.1 Å². The van der Waals surface area contributed by atoms with E-state index in [-0.39, 0.29) is 6.42 Å². The Morgan fingerprint density at radius 3 is 1.35 bits per heavy atom. The highest BCUT2D eigenvalue weighted by Crippen LogP contribution is 2.60. The van der Waals surface area contributed by atoms with Gasteiger partial charge in [0.15, 0.2) is 0 Å². The molecule has 0 aromatic heterocycles. The van der Waals surface area contributed by atoms with Gasteiger partial charge in [0.25, 0.3) is 5.91 Å². The molecule has 1 amide bonds. The Morgan fingerprint density at radius 2 is 0.973 bits per heavy atom. The number of carbonyl (C=O) groups excluding carboxylic acids is 1. The van der Waals surface area contributed by atoms with Crippen LogP contribution in [0.1, 0.15) is 23.5 Å². The standard InChI is InChI=1S/C22H16F13NO/c23-17(24,18(25,26)19(27,28)20(29,30)21(31,32)22(33,34)35)16(37)36-12-11-15(13-7-3-1-4-8-13)14-9-5-2-6-10-14/h1-10,15H,11-12H2,(H,36,37). The van der Waals surface area contributed by atoms with Gasteiger partial charge in [0.2, 0.25) is 0 Å². The molecule has 0 radical (unpaired) electrons. The van der Waals surface area contributed by atoms with Crippen LogP contribution in [0, 0.1) is 0 Å². The summed E-state index contributed by atoms with van der Waals surface area (Å²) in [5.41, 5.74) is 1.08. The van der Waals surface area contributed by atoms with Gasteiger partial charge in [-0.05, 0) is 17.5 Å². The molecule has 2 rings (SSSR count). The minimum atomic E-state index is -8.06. The molecule has 0 aliphatic carbocycles. The highest BCUT2D eigenvalue weighted by Gasteiger charge is 2.91. The molecule has 37 heavy (non-hydrogen) atoms. The average Bonchev–Trinajstić information content (AvgIpc) is 2.81. The number of amides is 1. The Labute approximate surface area is 200 Å². The predicted octanol–water partition coefficient (Wildman–Crippen LogP) is 7.06. The van der Waals surface area contributed by atoms with E-state index < -0.39 is 54.2 Å². The number of rotatable bonds is 10. The third-order valence-corrected chi connectivity index (χ3v) is 5.34. The number of benzene rings is 2. The van der Waals surface area contributed by atoms with Crippen molar-refractivity contribution < 1.29 is 61.9 Å². The van der Waals surface area contributed by atoms with E-state index in [0.717, 1.165) is 5.32 Å². The molecule has 206 valence electrons. The second-order valence-electron chi connectivity index (χ2n) is 7.79. The maximum atomic E-state index is 14.0. The molecular formula is C22H16F13NO. The Morgan fingerprint density at radius 1 is 0.595 bits per heavy atom. The molecular weight excluding hydrogens is 541 g/mol. The summed E-state index contributed by atoms with van der Waals surface area (Å²) >= 11 is 0. The highest BCUT2D eigenvalue weighted by molar-refractivity contribution is 5.84. The van der Waals surface area contributed by atoms with E-state index in [1.54, 1.807) is 60.7 Å². The lowest BCUT2D eigenvalue weighted by Crippen LogP contribution is -2.72. The Bertz CT molecular complexity index is 1010. The Kier molecular flexibility index (Phi) is 8.21. The molecule has 2 aromatic carbocycles. The zero-order valence-electron chi connectivity index (χ0n) is 18.1. The maximum Gasteiger partial charge on any atom is 0.460 e. The molecule has 1 N–H and O–H groups in total. The summed E-state index contributed by atoms with van der Waals surface area (Å²) in [6.07, 6.45) is -7.84.